The van der Waals surface area contributed by atoms with Crippen molar-refractivity contribution in [3.8, 4) is 11.4 Å². The number of rotatable bonds is 2. The molecule has 0 spiro atoms. The average molecular weight is 322 g/mol. The summed E-state index contributed by atoms with van der Waals surface area (Å²) in [4.78, 5) is 16.6. The van der Waals surface area contributed by atoms with E-state index in [1.807, 2.05) is 29.8 Å². The lowest BCUT2D eigenvalue weighted by Crippen LogP contribution is -2.11. The van der Waals surface area contributed by atoms with Crippen LogP contribution in [-0.4, -0.2) is 29.2 Å². The number of aryl methyl sites for hydroxylation is 1. The van der Waals surface area contributed by atoms with Crippen LogP contribution < -0.4 is 0 Å². The van der Waals surface area contributed by atoms with Crippen molar-refractivity contribution in [2.45, 2.75) is 13.0 Å². The maximum absolute atomic E-state index is 11.8. The average Bonchev–Trinajstić information content (AvgIpc) is 2.96. The first-order valence-electron chi connectivity index (χ1n) is 7.92. The molecule has 0 unspecified atom stereocenters. The van der Waals surface area contributed by atoms with Crippen molar-refractivity contribution in [2.75, 3.05) is 13.7 Å². The van der Waals surface area contributed by atoms with Crippen LogP contribution in [0.15, 0.2) is 36.4 Å². The molecule has 0 amide bonds. The van der Waals surface area contributed by atoms with Crippen molar-refractivity contribution < 1.29 is 14.3 Å². The molecule has 2 aromatic carbocycles. The molecule has 1 aromatic heterocycles. The first-order chi connectivity index (χ1) is 11.7. The molecule has 2 heterocycles. The lowest BCUT2D eigenvalue weighted by atomic mass is 9.97. The van der Waals surface area contributed by atoms with Crippen LogP contribution in [0.5, 0.6) is 0 Å². The van der Waals surface area contributed by atoms with Gasteiger partial charge in [0, 0.05) is 12.6 Å². The maximum Gasteiger partial charge on any atom is 0.337 e. The Hall–Kier alpha value is -2.66. The fraction of sp³-hybridized carbons (Fsp3) is 0.263. The normalized spacial score (nSPS) is 13.8. The van der Waals surface area contributed by atoms with Crippen molar-refractivity contribution in [1.82, 2.24) is 9.55 Å². The SMILES string of the molecule is COC(=O)c1ccc2nc(-c3cccc4c3CCOC4)n(C)c2c1. The number of hydrogen-bond acceptors (Lipinski definition) is 4. The van der Waals surface area contributed by atoms with E-state index >= 15 is 0 Å². The van der Waals surface area contributed by atoms with Gasteiger partial charge in [-0.25, -0.2) is 9.78 Å². The van der Waals surface area contributed by atoms with Gasteiger partial charge in [0.25, 0.3) is 0 Å². The highest BCUT2D eigenvalue weighted by Crippen LogP contribution is 2.31. The summed E-state index contributed by atoms with van der Waals surface area (Å²) in [5, 5.41) is 0. The van der Waals surface area contributed by atoms with Gasteiger partial charge in [0.1, 0.15) is 5.82 Å². The molecule has 1 aliphatic rings. The van der Waals surface area contributed by atoms with Crippen LogP contribution in [0.25, 0.3) is 22.4 Å². The molecule has 5 nitrogen and oxygen atoms in total. The molecule has 5 heteroatoms. The molecule has 0 fully saturated rings. The van der Waals surface area contributed by atoms with Crippen molar-refractivity contribution in [1.29, 1.82) is 0 Å². The number of carbonyl (C=O) groups is 1. The molecule has 0 aliphatic carbocycles. The van der Waals surface area contributed by atoms with Crippen molar-refractivity contribution in [2.24, 2.45) is 7.05 Å². The van der Waals surface area contributed by atoms with Gasteiger partial charge in [-0.15, -0.1) is 0 Å². The second kappa shape index (κ2) is 5.76. The Balaban J connectivity index is 1.89. The van der Waals surface area contributed by atoms with Gasteiger partial charge in [-0.1, -0.05) is 18.2 Å². The molecule has 0 N–H and O–H groups in total. The van der Waals surface area contributed by atoms with Gasteiger partial charge in [-0.2, -0.15) is 0 Å². The summed E-state index contributed by atoms with van der Waals surface area (Å²) in [6, 6.07) is 11.7. The van der Waals surface area contributed by atoms with Crippen molar-refractivity contribution >= 4 is 17.0 Å². The number of nitrogens with zero attached hydrogens (tertiary/aromatic N) is 2. The Bertz CT molecular complexity index is 943. The minimum Gasteiger partial charge on any atom is -0.465 e. The quantitative estimate of drug-likeness (QED) is 0.680. The highest BCUT2D eigenvalue weighted by Gasteiger charge is 2.19. The molecule has 122 valence electrons. The number of hydrogen-bond donors (Lipinski definition) is 0. The number of esters is 1. The number of benzene rings is 2. The first kappa shape index (κ1) is 14.9. The third-order valence-electron chi connectivity index (χ3n) is 4.57. The van der Waals surface area contributed by atoms with Gasteiger partial charge in [0.15, 0.2) is 0 Å². The van der Waals surface area contributed by atoms with Crippen LogP contribution in [0.2, 0.25) is 0 Å². The standard InChI is InChI=1S/C19H18N2O3/c1-21-17-10-12(19(22)23-2)6-7-16(17)20-18(21)15-5-3-4-13-11-24-9-8-14(13)15/h3-7,10H,8-9,11H2,1-2H3. The largest absolute Gasteiger partial charge is 0.465 e. The summed E-state index contributed by atoms with van der Waals surface area (Å²) < 4.78 is 12.4. The van der Waals surface area contributed by atoms with E-state index in [0.29, 0.717) is 12.2 Å². The highest BCUT2D eigenvalue weighted by molar-refractivity contribution is 5.94. The van der Waals surface area contributed by atoms with Gasteiger partial charge < -0.3 is 14.0 Å². The van der Waals surface area contributed by atoms with Gasteiger partial charge in [0.05, 0.1) is 36.9 Å². The molecule has 4 rings (SSSR count). The Kier molecular flexibility index (Phi) is 3.58. The first-order valence-corrected chi connectivity index (χ1v) is 7.92. The van der Waals surface area contributed by atoms with Gasteiger partial charge >= 0.3 is 5.97 Å². The fourth-order valence-corrected chi connectivity index (χ4v) is 3.31. The zero-order valence-electron chi connectivity index (χ0n) is 13.7. The van der Waals surface area contributed by atoms with Crippen LogP contribution in [0.4, 0.5) is 0 Å². The van der Waals surface area contributed by atoms with Crippen LogP contribution in [0, 0.1) is 0 Å². The number of carbonyl (C=O) groups excluding carboxylic acids is 1. The van der Waals surface area contributed by atoms with E-state index in [4.69, 9.17) is 14.5 Å². The molecule has 3 aromatic rings. The van der Waals surface area contributed by atoms with Crippen LogP contribution in [0.1, 0.15) is 21.5 Å². The minimum absolute atomic E-state index is 0.339. The number of aromatic nitrogens is 2. The van der Waals surface area contributed by atoms with E-state index in [-0.39, 0.29) is 5.97 Å². The second-order valence-corrected chi connectivity index (χ2v) is 5.94. The van der Waals surface area contributed by atoms with E-state index in [0.717, 1.165) is 35.4 Å². The summed E-state index contributed by atoms with van der Waals surface area (Å²) in [6.45, 7) is 1.39. The fourth-order valence-electron chi connectivity index (χ4n) is 3.31. The van der Waals surface area contributed by atoms with E-state index < -0.39 is 0 Å². The number of fused-ring (bicyclic) bond motifs is 2. The third-order valence-corrected chi connectivity index (χ3v) is 4.57. The summed E-state index contributed by atoms with van der Waals surface area (Å²) in [5.74, 6) is 0.569. The smallest absolute Gasteiger partial charge is 0.337 e. The summed E-state index contributed by atoms with van der Waals surface area (Å²) >= 11 is 0. The highest BCUT2D eigenvalue weighted by atomic mass is 16.5. The van der Waals surface area contributed by atoms with Crippen molar-refractivity contribution in [3.05, 3.63) is 53.1 Å². The predicted octanol–water partition coefficient (Wildman–Crippen LogP) is 3.10. The number of imidazole rings is 1. The molecule has 24 heavy (non-hydrogen) atoms. The van der Waals surface area contributed by atoms with E-state index in [2.05, 4.69) is 12.1 Å². The van der Waals surface area contributed by atoms with E-state index in [1.54, 1.807) is 6.07 Å². The zero-order valence-corrected chi connectivity index (χ0v) is 13.7. The van der Waals surface area contributed by atoms with Gasteiger partial charge in [-0.05, 0) is 35.7 Å². The lowest BCUT2D eigenvalue weighted by Gasteiger charge is -2.19. The monoisotopic (exact) mass is 322 g/mol. The minimum atomic E-state index is -0.339. The molecule has 0 bridgehead atoms. The Morgan fingerprint density at radius 1 is 1.29 bits per heavy atom. The van der Waals surface area contributed by atoms with E-state index in [9.17, 15) is 4.79 Å². The summed E-state index contributed by atoms with van der Waals surface area (Å²) in [5.41, 5.74) is 5.97. The Labute approximate surface area is 139 Å². The van der Waals surface area contributed by atoms with E-state index in [1.165, 1.54) is 18.2 Å². The molecule has 0 radical (unpaired) electrons. The van der Waals surface area contributed by atoms with Crippen molar-refractivity contribution in [3.63, 3.8) is 0 Å². The molecular weight excluding hydrogens is 304 g/mol. The lowest BCUT2D eigenvalue weighted by molar-refractivity contribution is 0.0601. The summed E-state index contributed by atoms with van der Waals surface area (Å²) in [6.07, 6.45) is 0.891. The second-order valence-electron chi connectivity index (χ2n) is 5.94. The van der Waals surface area contributed by atoms with Gasteiger partial charge in [-0.3, -0.25) is 0 Å². The van der Waals surface area contributed by atoms with Crippen LogP contribution in [-0.2, 0) is 29.5 Å². The Morgan fingerprint density at radius 3 is 3.00 bits per heavy atom. The Morgan fingerprint density at radius 2 is 2.17 bits per heavy atom. The summed E-state index contributed by atoms with van der Waals surface area (Å²) in [7, 11) is 3.37. The number of ether oxygens (including phenoxy) is 2. The predicted molar refractivity (Wildman–Crippen MR) is 90.8 cm³/mol. The number of methoxy groups -OCH3 is 1. The molecule has 0 saturated heterocycles. The molecular formula is C19H18N2O3. The third kappa shape index (κ3) is 2.29. The topological polar surface area (TPSA) is 53.4 Å². The van der Waals surface area contributed by atoms with Crippen LogP contribution >= 0.6 is 0 Å². The van der Waals surface area contributed by atoms with Crippen LogP contribution in [0.3, 0.4) is 0 Å². The van der Waals surface area contributed by atoms with Gasteiger partial charge in [0.2, 0.25) is 0 Å². The maximum atomic E-state index is 11.8. The zero-order chi connectivity index (χ0) is 16.7. The molecule has 0 atom stereocenters. The molecule has 0 saturated carbocycles. The molecule has 1 aliphatic heterocycles.